The maximum absolute atomic E-state index is 13.3. The molecule has 198 valence electrons. The number of aromatic nitrogens is 1. The third kappa shape index (κ3) is 4.72. The molecule has 0 spiro atoms. The molecule has 2 aliphatic heterocycles. The first kappa shape index (κ1) is 27.1. The Morgan fingerprint density at radius 2 is 1.84 bits per heavy atom. The molecule has 0 radical (unpaired) electrons. The number of carboxylic acids is 1. The summed E-state index contributed by atoms with van der Waals surface area (Å²) in [5.41, 5.74) is 2.92. The van der Waals surface area contributed by atoms with Gasteiger partial charge in [-0.05, 0) is 51.1 Å². The summed E-state index contributed by atoms with van der Waals surface area (Å²) in [6.45, 7) is 3.55. The molecule has 2 aromatic rings. The van der Waals surface area contributed by atoms with Crippen molar-refractivity contribution in [1.29, 1.82) is 0 Å². The fourth-order valence-electron chi connectivity index (χ4n) is 5.13. The maximum atomic E-state index is 13.3. The van der Waals surface area contributed by atoms with Crippen molar-refractivity contribution in [3.05, 3.63) is 46.3 Å². The van der Waals surface area contributed by atoms with E-state index in [-0.39, 0.29) is 28.7 Å². The minimum absolute atomic E-state index is 0. The van der Waals surface area contributed by atoms with Crippen molar-refractivity contribution >= 4 is 57.4 Å². The molecule has 1 fully saturated rings. The number of fused-ring (bicyclic) bond motifs is 2. The van der Waals surface area contributed by atoms with Crippen molar-refractivity contribution in [2.75, 3.05) is 38.5 Å². The Morgan fingerprint density at radius 1 is 1.14 bits per heavy atom. The fraction of sp³-hybridized carbons (Fsp3) is 0.400. The first-order valence-corrected chi connectivity index (χ1v) is 13.4. The summed E-state index contributed by atoms with van der Waals surface area (Å²) in [5, 5.41) is 12.5. The Morgan fingerprint density at radius 3 is 2.51 bits per heavy atom. The second-order valence-electron chi connectivity index (χ2n) is 9.57. The molecule has 10 nitrogen and oxygen atoms in total. The normalized spacial score (nSPS) is 20.2. The molecular formula is C25H29ClN4O6S. The van der Waals surface area contributed by atoms with Gasteiger partial charge >= 0.3 is 5.97 Å². The number of amides is 1. The quantitative estimate of drug-likeness (QED) is 0.488. The summed E-state index contributed by atoms with van der Waals surface area (Å²) in [5.74, 6) is -2.58. The molecule has 1 aliphatic carbocycles. The number of anilines is 1. The lowest BCUT2D eigenvalue weighted by atomic mass is 9.87. The van der Waals surface area contributed by atoms with Crippen LogP contribution < -0.4 is 5.32 Å². The van der Waals surface area contributed by atoms with Crippen molar-refractivity contribution in [3.8, 4) is 0 Å². The smallest absolute Gasteiger partial charge is 0.310 e. The van der Waals surface area contributed by atoms with Gasteiger partial charge in [-0.2, -0.15) is 4.31 Å². The first-order chi connectivity index (χ1) is 17.1. The maximum Gasteiger partial charge on any atom is 0.310 e. The summed E-state index contributed by atoms with van der Waals surface area (Å²) in [4.78, 5) is 42.8. The van der Waals surface area contributed by atoms with E-state index in [1.807, 2.05) is 7.05 Å². The predicted octanol–water partition coefficient (Wildman–Crippen LogP) is 2.57. The van der Waals surface area contributed by atoms with Crippen LogP contribution in [0.5, 0.6) is 0 Å². The van der Waals surface area contributed by atoms with E-state index < -0.39 is 27.8 Å². The van der Waals surface area contributed by atoms with Gasteiger partial charge < -0.3 is 20.3 Å². The number of aliphatic carboxylic acids is 1. The number of aromatic amines is 1. The molecule has 1 saturated heterocycles. The Kier molecular flexibility index (Phi) is 7.35. The van der Waals surface area contributed by atoms with E-state index in [4.69, 9.17) is 0 Å². The molecule has 3 aliphatic rings. The number of hydrogen-bond donors (Lipinski definition) is 3. The third-order valence-electron chi connectivity index (χ3n) is 7.22. The SMILES string of the molecule is CC(C(=O)O)c1c(/C=C2\C(=O)Nc3ccc(S(=O)(=O)N4CCN(C)CC4)cc32)[nH]c2c1C(=O)CCC2.Cl. The van der Waals surface area contributed by atoms with E-state index in [2.05, 4.69) is 15.2 Å². The van der Waals surface area contributed by atoms with Gasteiger partial charge in [0.1, 0.15) is 0 Å². The average molecular weight is 549 g/mol. The summed E-state index contributed by atoms with van der Waals surface area (Å²) >= 11 is 0. The van der Waals surface area contributed by atoms with E-state index in [0.29, 0.717) is 79.2 Å². The second-order valence-corrected chi connectivity index (χ2v) is 11.5. The molecule has 1 amide bonds. The first-order valence-electron chi connectivity index (χ1n) is 11.9. The average Bonchev–Trinajstić information content (AvgIpc) is 3.36. The van der Waals surface area contributed by atoms with Gasteiger partial charge in [0.2, 0.25) is 10.0 Å². The van der Waals surface area contributed by atoms with Gasteiger partial charge in [0, 0.05) is 66.4 Å². The number of halogens is 1. The van der Waals surface area contributed by atoms with Crippen molar-refractivity contribution in [1.82, 2.24) is 14.2 Å². The van der Waals surface area contributed by atoms with Crippen molar-refractivity contribution in [3.63, 3.8) is 0 Å². The van der Waals surface area contributed by atoms with Crippen LogP contribution in [0.1, 0.15) is 58.6 Å². The number of rotatable bonds is 5. The minimum atomic E-state index is -3.75. The van der Waals surface area contributed by atoms with Crippen LogP contribution in [0.3, 0.4) is 0 Å². The number of Topliss-reactive ketones (excluding diaryl/α,β-unsaturated/α-hetero) is 1. The van der Waals surface area contributed by atoms with Gasteiger partial charge in [-0.1, -0.05) is 0 Å². The van der Waals surface area contributed by atoms with Crippen LogP contribution in [0.15, 0.2) is 23.1 Å². The van der Waals surface area contributed by atoms with Gasteiger partial charge in [-0.15, -0.1) is 12.4 Å². The number of likely N-dealkylation sites (N-methyl/N-ethyl adjacent to an activating group) is 1. The van der Waals surface area contributed by atoms with Crippen LogP contribution >= 0.6 is 12.4 Å². The van der Waals surface area contributed by atoms with Crippen molar-refractivity contribution in [2.45, 2.75) is 37.0 Å². The number of benzene rings is 1. The van der Waals surface area contributed by atoms with Gasteiger partial charge in [-0.25, -0.2) is 8.42 Å². The highest BCUT2D eigenvalue weighted by molar-refractivity contribution is 7.89. The zero-order valence-electron chi connectivity index (χ0n) is 20.5. The minimum Gasteiger partial charge on any atom is -0.481 e. The lowest BCUT2D eigenvalue weighted by Gasteiger charge is -2.31. The monoisotopic (exact) mass is 548 g/mol. The summed E-state index contributed by atoms with van der Waals surface area (Å²) < 4.78 is 28.0. The highest BCUT2D eigenvalue weighted by Crippen LogP contribution is 2.38. The number of sulfonamides is 1. The Labute approximate surface area is 221 Å². The van der Waals surface area contributed by atoms with Crippen molar-refractivity contribution in [2.24, 2.45) is 0 Å². The number of hydrogen-bond acceptors (Lipinski definition) is 6. The second kappa shape index (κ2) is 10.1. The number of ketones is 1. The van der Waals surface area contributed by atoms with Crippen molar-refractivity contribution < 1.29 is 27.9 Å². The number of nitrogens with zero attached hydrogens (tertiary/aromatic N) is 2. The fourth-order valence-corrected chi connectivity index (χ4v) is 6.58. The van der Waals surface area contributed by atoms with Crippen LogP contribution in [0, 0.1) is 0 Å². The predicted molar refractivity (Wildman–Crippen MR) is 141 cm³/mol. The van der Waals surface area contributed by atoms with E-state index >= 15 is 0 Å². The molecule has 12 heteroatoms. The van der Waals surface area contributed by atoms with Crippen LogP contribution in [0.25, 0.3) is 11.6 Å². The van der Waals surface area contributed by atoms with E-state index in [9.17, 15) is 27.9 Å². The summed E-state index contributed by atoms with van der Waals surface area (Å²) in [6, 6.07) is 4.54. The number of piperazine rings is 1. The molecule has 3 heterocycles. The summed E-state index contributed by atoms with van der Waals surface area (Å²) in [7, 11) is -1.81. The lowest BCUT2D eigenvalue weighted by molar-refractivity contribution is -0.138. The highest BCUT2D eigenvalue weighted by Gasteiger charge is 2.34. The number of carbonyl (C=O) groups is 3. The molecule has 37 heavy (non-hydrogen) atoms. The van der Waals surface area contributed by atoms with Crippen LogP contribution in [-0.4, -0.2) is 78.6 Å². The Bertz CT molecular complexity index is 1420. The molecule has 1 aromatic carbocycles. The van der Waals surface area contributed by atoms with Gasteiger partial charge in [0.25, 0.3) is 5.91 Å². The molecule has 0 saturated carbocycles. The third-order valence-corrected chi connectivity index (χ3v) is 9.12. The number of nitrogens with one attached hydrogen (secondary N) is 2. The van der Waals surface area contributed by atoms with Crippen LogP contribution in [-0.2, 0) is 26.0 Å². The largest absolute Gasteiger partial charge is 0.481 e. The number of H-pyrrole nitrogens is 1. The molecule has 5 rings (SSSR count). The lowest BCUT2D eigenvalue weighted by Crippen LogP contribution is -2.47. The standard InChI is InChI=1S/C25H28N4O6S.ClH/c1-14(25(32)33)22-20(26-19-4-3-5-21(30)23(19)22)13-17-16-12-15(6-7-18(16)27-24(17)31)36(34,35)29-10-8-28(2)9-11-29;/h6-7,12-14,26H,3-5,8-11H2,1-2H3,(H,27,31)(H,32,33);1H/b17-13-;. The van der Waals surface area contributed by atoms with Crippen LogP contribution in [0.2, 0.25) is 0 Å². The number of aryl methyl sites for hydroxylation is 1. The topological polar surface area (TPSA) is 140 Å². The van der Waals surface area contributed by atoms with Gasteiger partial charge in [0.05, 0.1) is 16.4 Å². The molecular weight excluding hydrogens is 520 g/mol. The zero-order chi connectivity index (χ0) is 25.8. The molecule has 1 unspecified atom stereocenters. The summed E-state index contributed by atoms with van der Waals surface area (Å²) in [6.07, 6.45) is 3.16. The number of carboxylic acid groups (broad SMARTS) is 1. The Balaban J connectivity index is 0.00000320. The molecule has 1 atom stereocenters. The van der Waals surface area contributed by atoms with E-state index in [1.165, 1.54) is 29.4 Å². The van der Waals surface area contributed by atoms with Crippen LogP contribution in [0.4, 0.5) is 5.69 Å². The number of carbonyl (C=O) groups excluding carboxylic acids is 2. The Hall–Kier alpha value is -2.99. The molecule has 0 bridgehead atoms. The highest BCUT2D eigenvalue weighted by atomic mass is 35.5. The zero-order valence-corrected chi connectivity index (χ0v) is 22.2. The molecule has 1 aromatic heterocycles. The van der Waals surface area contributed by atoms with E-state index in [0.717, 1.165) is 0 Å². The van der Waals surface area contributed by atoms with Gasteiger partial charge in [-0.3, -0.25) is 14.4 Å². The van der Waals surface area contributed by atoms with Gasteiger partial charge in [0.15, 0.2) is 5.78 Å². The van der Waals surface area contributed by atoms with E-state index in [1.54, 1.807) is 6.07 Å². The molecule has 3 N–H and O–H groups in total.